The first-order chi connectivity index (χ1) is 14.3. The molecule has 0 aliphatic heterocycles. The van der Waals surface area contributed by atoms with Crippen molar-refractivity contribution in [3.63, 3.8) is 0 Å². The fraction of sp³-hybridized carbons (Fsp3) is 0.348. The molecule has 0 spiro atoms. The summed E-state index contributed by atoms with van der Waals surface area (Å²) in [5.74, 6) is -1.31. The van der Waals surface area contributed by atoms with Crippen LogP contribution in [0, 0.1) is 12.8 Å². The lowest BCUT2D eigenvalue weighted by Crippen LogP contribution is -2.47. The highest BCUT2D eigenvalue weighted by atomic mass is 16.5. The van der Waals surface area contributed by atoms with E-state index in [4.69, 9.17) is 4.74 Å². The van der Waals surface area contributed by atoms with Crippen molar-refractivity contribution in [1.82, 2.24) is 5.32 Å². The molecule has 160 valence electrons. The van der Waals surface area contributed by atoms with E-state index in [9.17, 15) is 14.4 Å². The van der Waals surface area contributed by atoms with Crippen LogP contribution in [0.25, 0.3) is 0 Å². The van der Waals surface area contributed by atoms with Gasteiger partial charge in [-0.3, -0.25) is 4.79 Å². The van der Waals surface area contributed by atoms with Gasteiger partial charge < -0.3 is 20.7 Å². The van der Waals surface area contributed by atoms with Crippen molar-refractivity contribution in [2.45, 2.75) is 40.2 Å². The smallest absolute Gasteiger partial charge is 0.329 e. The fourth-order valence-electron chi connectivity index (χ4n) is 2.93. The molecule has 7 nitrogen and oxygen atoms in total. The summed E-state index contributed by atoms with van der Waals surface area (Å²) >= 11 is 0. The molecule has 7 heteroatoms. The Bertz CT molecular complexity index is 881. The summed E-state index contributed by atoms with van der Waals surface area (Å²) < 4.78 is 5.17. The van der Waals surface area contributed by atoms with Gasteiger partial charge in [0.2, 0.25) is 0 Å². The van der Waals surface area contributed by atoms with Gasteiger partial charge in [-0.05, 0) is 42.5 Å². The Labute approximate surface area is 177 Å². The van der Waals surface area contributed by atoms with Gasteiger partial charge >= 0.3 is 12.0 Å². The maximum atomic E-state index is 12.5. The van der Waals surface area contributed by atoms with Gasteiger partial charge in [-0.25, -0.2) is 9.59 Å². The molecule has 0 saturated carbocycles. The van der Waals surface area contributed by atoms with Crippen LogP contribution in [0.4, 0.5) is 16.2 Å². The van der Waals surface area contributed by atoms with Crippen LogP contribution in [0.15, 0.2) is 48.5 Å². The van der Waals surface area contributed by atoms with E-state index in [1.165, 1.54) is 0 Å². The van der Waals surface area contributed by atoms with Crippen LogP contribution in [-0.2, 0) is 20.7 Å². The standard InChI is InChI=1S/C23H29N3O4/c1-5-17-11-9-10-16(4)21(17)25-19(27)14-30-22(28)20(15(2)3)26-23(29)24-18-12-7-6-8-13-18/h6-13,15,20H,5,14H2,1-4H3,(H,25,27)(H2,24,26,29)/t20-/m0/s1. The van der Waals surface area contributed by atoms with Crippen molar-refractivity contribution < 1.29 is 19.1 Å². The van der Waals surface area contributed by atoms with Crippen molar-refractivity contribution in [3.8, 4) is 0 Å². The molecule has 2 rings (SSSR count). The van der Waals surface area contributed by atoms with Crippen LogP contribution in [0.5, 0.6) is 0 Å². The fourth-order valence-corrected chi connectivity index (χ4v) is 2.93. The summed E-state index contributed by atoms with van der Waals surface area (Å²) in [6, 6.07) is 13.3. The molecule has 0 aliphatic carbocycles. The average molecular weight is 412 g/mol. The number of aryl methyl sites for hydroxylation is 2. The molecule has 3 N–H and O–H groups in total. The summed E-state index contributed by atoms with van der Waals surface area (Å²) in [6.07, 6.45) is 0.771. The Morgan fingerprint density at radius 2 is 1.67 bits per heavy atom. The Morgan fingerprint density at radius 1 is 0.967 bits per heavy atom. The van der Waals surface area contributed by atoms with E-state index in [0.29, 0.717) is 5.69 Å². The highest BCUT2D eigenvalue weighted by molar-refractivity contribution is 5.95. The molecule has 0 bridgehead atoms. The van der Waals surface area contributed by atoms with Gasteiger partial charge in [-0.1, -0.05) is 57.2 Å². The van der Waals surface area contributed by atoms with Crippen LogP contribution < -0.4 is 16.0 Å². The van der Waals surface area contributed by atoms with Gasteiger partial charge in [0.25, 0.3) is 5.91 Å². The number of nitrogens with one attached hydrogen (secondary N) is 3. The topological polar surface area (TPSA) is 96.5 Å². The van der Waals surface area contributed by atoms with E-state index in [-0.39, 0.29) is 5.92 Å². The number of hydrogen-bond acceptors (Lipinski definition) is 4. The second kappa shape index (κ2) is 11.0. The lowest BCUT2D eigenvalue weighted by Gasteiger charge is -2.21. The first kappa shape index (κ1) is 22.9. The number of carbonyl (C=O) groups is 3. The monoisotopic (exact) mass is 411 g/mol. The van der Waals surface area contributed by atoms with Gasteiger partial charge in [0.15, 0.2) is 6.61 Å². The molecule has 0 fully saturated rings. The number of urea groups is 1. The number of benzene rings is 2. The maximum absolute atomic E-state index is 12.5. The first-order valence-electron chi connectivity index (χ1n) is 9.99. The molecule has 30 heavy (non-hydrogen) atoms. The van der Waals surface area contributed by atoms with E-state index >= 15 is 0 Å². The van der Waals surface area contributed by atoms with E-state index < -0.39 is 30.6 Å². The van der Waals surface area contributed by atoms with Gasteiger partial charge in [-0.15, -0.1) is 0 Å². The number of esters is 1. The number of amides is 3. The summed E-state index contributed by atoms with van der Waals surface area (Å²) in [5, 5.41) is 8.08. The molecule has 0 aromatic heterocycles. The van der Waals surface area contributed by atoms with Crippen molar-refractivity contribution >= 4 is 29.3 Å². The third-order valence-corrected chi connectivity index (χ3v) is 4.59. The van der Waals surface area contributed by atoms with E-state index in [1.54, 1.807) is 38.1 Å². The van der Waals surface area contributed by atoms with Crippen LogP contribution in [-0.4, -0.2) is 30.6 Å². The lowest BCUT2D eigenvalue weighted by atomic mass is 10.1. The van der Waals surface area contributed by atoms with Crippen LogP contribution in [0.3, 0.4) is 0 Å². The molecule has 3 amide bonds. The minimum Gasteiger partial charge on any atom is -0.454 e. The number of carbonyl (C=O) groups excluding carboxylic acids is 3. The Hall–Kier alpha value is -3.35. The zero-order valence-electron chi connectivity index (χ0n) is 17.8. The summed E-state index contributed by atoms with van der Waals surface area (Å²) in [6.45, 7) is 7.06. The van der Waals surface area contributed by atoms with Crippen LogP contribution in [0.1, 0.15) is 31.9 Å². The Kier molecular flexibility index (Phi) is 8.41. The quantitative estimate of drug-likeness (QED) is 0.574. The second-order valence-corrected chi connectivity index (χ2v) is 7.30. The second-order valence-electron chi connectivity index (χ2n) is 7.30. The minimum absolute atomic E-state index is 0.217. The lowest BCUT2D eigenvalue weighted by molar-refractivity contribution is -0.150. The third-order valence-electron chi connectivity index (χ3n) is 4.59. The van der Waals surface area contributed by atoms with Crippen LogP contribution in [0.2, 0.25) is 0 Å². The summed E-state index contributed by atoms with van der Waals surface area (Å²) in [5.41, 5.74) is 3.29. The van der Waals surface area contributed by atoms with E-state index in [0.717, 1.165) is 23.2 Å². The molecule has 1 atom stereocenters. The number of ether oxygens (including phenoxy) is 1. The minimum atomic E-state index is -0.883. The molecule has 2 aromatic carbocycles. The highest BCUT2D eigenvalue weighted by Gasteiger charge is 2.26. The highest BCUT2D eigenvalue weighted by Crippen LogP contribution is 2.21. The summed E-state index contributed by atoms with van der Waals surface area (Å²) in [4.78, 5) is 37.0. The zero-order chi connectivity index (χ0) is 22.1. The zero-order valence-corrected chi connectivity index (χ0v) is 17.8. The number of para-hydroxylation sites is 2. The van der Waals surface area contributed by atoms with Crippen molar-refractivity contribution in [1.29, 1.82) is 0 Å². The number of rotatable bonds is 8. The molecule has 0 aliphatic rings. The summed E-state index contributed by atoms with van der Waals surface area (Å²) in [7, 11) is 0. The molecule has 0 saturated heterocycles. The third kappa shape index (κ3) is 6.62. The SMILES string of the molecule is CCc1cccc(C)c1NC(=O)COC(=O)[C@@H](NC(=O)Nc1ccccc1)C(C)C. The maximum Gasteiger partial charge on any atom is 0.329 e. The van der Waals surface area contributed by atoms with E-state index in [2.05, 4.69) is 16.0 Å². The Morgan fingerprint density at radius 3 is 2.30 bits per heavy atom. The van der Waals surface area contributed by atoms with E-state index in [1.807, 2.05) is 38.1 Å². The molecular weight excluding hydrogens is 382 g/mol. The van der Waals surface area contributed by atoms with Crippen molar-refractivity contribution in [2.75, 3.05) is 17.2 Å². The first-order valence-corrected chi connectivity index (χ1v) is 9.99. The molecular formula is C23H29N3O4. The molecule has 0 heterocycles. The average Bonchev–Trinajstić information content (AvgIpc) is 2.72. The van der Waals surface area contributed by atoms with Gasteiger partial charge in [0, 0.05) is 11.4 Å². The normalized spacial score (nSPS) is 11.5. The van der Waals surface area contributed by atoms with Gasteiger partial charge in [0.05, 0.1) is 0 Å². The number of hydrogen-bond donors (Lipinski definition) is 3. The molecule has 2 aromatic rings. The van der Waals surface area contributed by atoms with Gasteiger partial charge in [0.1, 0.15) is 6.04 Å². The van der Waals surface area contributed by atoms with Gasteiger partial charge in [-0.2, -0.15) is 0 Å². The number of anilines is 2. The van der Waals surface area contributed by atoms with Crippen molar-refractivity contribution in [2.24, 2.45) is 5.92 Å². The molecule has 0 radical (unpaired) electrons. The van der Waals surface area contributed by atoms with Crippen LogP contribution >= 0.6 is 0 Å². The predicted molar refractivity (Wildman–Crippen MR) is 117 cm³/mol. The van der Waals surface area contributed by atoms with Crippen molar-refractivity contribution in [3.05, 3.63) is 59.7 Å². The molecule has 0 unspecified atom stereocenters. The Balaban J connectivity index is 1.92. The largest absolute Gasteiger partial charge is 0.454 e. The predicted octanol–water partition coefficient (Wildman–Crippen LogP) is 3.89.